The highest BCUT2D eigenvalue weighted by molar-refractivity contribution is 6.13. The Kier molecular flexibility index (Phi) is 7.48. The van der Waals surface area contributed by atoms with Gasteiger partial charge in [0.1, 0.15) is 0 Å². The van der Waals surface area contributed by atoms with E-state index in [-0.39, 0.29) is 0 Å². The van der Waals surface area contributed by atoms with Gasteiger partial charge in [-0.25, -0.2) is 19.8 Å². The Labute approximate surface area is 328 Å². The van der Waals surface area contributed by atoms with Gasteiger partial charge in [0, 0.05) is 27.8 Å². The first-order valence-electron chi connectivity index (χ1n) is 19.0. The van der Waals surface area contributed by atoms with Gasteiger partial charge in [-0.3, -0.25) is 0 Å². The van der Waals surface area contributed by atoms with E-state index in [0.717, 1.165) is 76.9 Å². The molecule has 0 atom stereocenters. The minimum absolute atomic E-state index is 0.618. The SMILES string of the molecule is [C-]#[N+]c1ccc2c(c1)c1cc(-c3ccc(-c4nc(-c5ccc6ccccc6c5)nc(-c5ccc6ccccc6c5)n4)c4ccccc34)ccc1n2-c1ccccc1. The van der Waals surface area contributed by atoms with Gasteiger partial charge in [0.05, 0.1) is 17.6 Å². The zero-order valence-corrected chi connectivity index (χ0v) is 30.6. The van der Waals surface area contributed by atoms with Crippen molar-refractivity contribution in [2.24, 2.45) is 0 Å². The lowest BCUT2D eigenvalue weighted by Crippen LogP contribution is -2.01. The van der Waals surface area contributed by atoms with Crippen LogP contribution in [0.25, 0.3) is 110 Å². The molecule has 0 radical (unpaired) electrons. The Morgan fingerprint density at radius 1 is 0.368 bits per heavy atom. The summed E-state index contributed by atoms with van der Waals surface area (Å²) in [5.74, 6) is 1.87. The summed E-state index contributed by atoms with van der Waals surface area (Å²) in [6.07, 6.45) is 0. The Morgan fingerprint density at radius 3 is 1.53 bits per heavy atom. The number of hydrogen-bond acceptors (Lipinski definition) is 3. The second-order valence-corrected chi connectivity index (χ2v) is 14.4. The van der Waals surface area contributed by atoms with Crippen LogP contribution in [0.4, 0.5) is 5.69 Å². The van der Waals surface area contributed by atoms with Crippen molar-refractivity contribution in [1.29, 1.82) is 0 Å². The molecule has 57 heavy (non-hydrogen) atoms. The van der Waals surface area contributed by atoms with E-state index in [9.17, 15) is 0 Å². The molecule has 9 aromatic carbocycles. The quantitative estimate of drug-likeness (QED) is 0.166. The molecule has 11 rings (SSSR count). The summed E-state index contributed by atoms with van der Waals surface area (Å²) in [4.78, 5) is 19.3. The van der Waals surface area contributed by atoms with Gasteiger partial charge in [-0.1, -0.05) is 133 Å². The molecule has 0 amide bonds. The molecular weight excluding hydrogens is 695 g/mol. The standard InChI is InChI=1S/C52H31N5/c1-53-40-24-28-49-47(32-40)46-31-37(23-27-48(46)57(49)41-15-3-2-4-16-41)42-25-26-45(44-18-10-9-17-43(42)44)52-55-50(38-21-19-33-11-5-7-13-35(33)29-38)54-51(56-52)39-22-20-34-12-6-8-14-36(34)30-39/h2-32H. The van der Waals surface area contributed by atoms with Crippen molar-refractivity contribution in [1.82, 2.24) is 19.5 Å². The van der Waals surface area contributed by atoms with Gasteiger partial charge in [0.2, 0.25) is 0 Å². The molecule has 0 saturated heterocycles. The van der Waals surface area contributed by atoms with Crippen LogP contribution in [0.15, 0.2) is 188 Å². The number of nitrogens with zero attached hydrogens (tertiary/aromatic N) is 5. The maximum atomic E-state index is 7.75. The van der Waals surface area contributed by atoms with Gasteiger partial charge in [-0.05, 0) is 103 Å². The third kappa shape index (κ3) is 5.51. The van der Waals surface area contributed by atoms with E-state index in [1.165, 1.54) is 10.8 Å². The topological polar surface area (TPSA) is 48.0 Å². The van der Waals surface area contributed by atoms with Crippen LogP contribution in [0.1, 0.15) is 0 Å². The van der Waals surface area contributed by atoms with E-state index < -0.39 is 0 Å². The van der Waals surface area contributed by atoms with Gasteiger partial charge < -0.3 is 4.57 Å². The minimum Gasteiger partial charge on any atom is -0.309 e. The smallest absolute Gasteiger partial charge is 0.188 e. The molecule has 0 aliphatic heterocycles. The molecule has 264 valence electrons. The number of hydrogen-bond donors (Lipinski definition) is 0. The van der Waals surface area contributed by atoms with Crippen LogP contribution in [0.5, 0.6) is 0 Å². The maximum Gasteiger partial charge on any atom is 0.188 e. The number of aromatic nitrogens is 4. The Morgan fingerprint density at radius 2 is 0.877 bits per heavy atom. The fourth-order valence-electron chi connectivity index (χ4n) is 8.26. The van der Waals surface area contributed by atoms with Crippen molar-refractivity contribution in [3.8, 4) is 51.0 Å². The minimum atomic E-state index is 0.618. The van der Waals surface area contributed by atoms with Crippen molar-refractivity contribution >= 4 is 59.8 Å². The average molecular weight is 726 g/mol. The van der Waals surface area contributed by atoms with Crippen molar-refractivity contribution in [3.05, 3.63) is 199 Å². The Bertz CT molecular complexity index is 3330. The van der Waals surface area contributed by atoms with Crippen LogP contribution >= 0.6 is 0 Å². The predicted octanol–water partition coefficient (Wildman–Crippen LogP) is 13.6. The molecule has 2 aromatic heterocycles. The highest BCUT2D eigenvalue weighted by atomic mass is 15.0. The first-order valence-corrected chi connectivity index (χ1v) is 19.0. The highest BCUT2D eigenvalue weighted by Crippen LogP contribution is 2.40. The van der Waals surface area contributed by atoms with Gasteiger partial charge in [-0.2, -0.15) is 0 Å². The molecule has 0 saturated carbocycles. The fourth-order valence-corrected chi connectivity index (χ4v) is 8.26. The van der Waals surface area contributed by atoms with E-state index in [2.05, 4.69) is 179 Å². The molecule has 0 unspecified atom stereocenters. The normalized spacial score (nSPS) is 11.5. The van der Waals surface area contributed by atoms with Gasteiger partial charge in [-0.15, -0.1) is 0 Å². The van der Waals surface area contributed by atoms with Gasteiger partial charge in [0.15, 0.2) is 23.2 Å². The lowest BCUT2D eigenvalue weighted by atomic mass is 9.94. The van der Waals surface area contributed by atoms with Crippen molar-refractivity contribution in [2.45, 2.75) is 0 Å². The Balaban J connectivity index is 1.10. The van der Waals surface area contributed by atoms with Crippen LogP contribution in [-0.2, 0) is 0 Å². The highest BCUT2D eigenvalue weighted by Gasteiger charge is 2.19. The average Bonchev–Trinajstić information content (AvgIpc) is 3.61. The number of fused-ring (bicyclic) bond motifs is 6. The molecule has 0 fully saturated rings. The summed E-state index contributed by atoms with van der Waals surface area (Å²) in [5, 5.41) is 8.91. The van der Waals surface area contributed by atoms with Crippen LogP contribution in [0, 0.1) is 6.57 Å². The molecular formula is C52H31N5. The van der Waals surface area contributed by atoms with Crippen LogP contribution in [-0.4, -0.2) is 19.5 Å². The summed E-state index contributed by atoms with van der Waals surface area (Å²) in [6, 6.07) is 65.4. The lowest BCUT2D eigenvalue weighted by molar-refractivity contribution is 1.08. The molecule has 0 aliphatic carbocycles. The summed E-state index contributed by atoms with van der Waals surface area (Å²) in [7, 11) is 0. The lowest BCUT2D eigenvalue weighted by Gasteiger charge is -2.14. The maximum absolute atomic E-state index is 7.75. The molecule has 0 aliphatic rings. The zero-order chi connectivity index (χ0) is 37.9. The molecule has 11 aromatic rings. The number of rotatable bonds is 5. The fraction of sp³-hybridized carbons (Fsp3) is 0. The molecule has 5 heteroatoms. The molecule has 5 nitrogen and oxygen atoms in total. The van der Waals surface area contributed by atoms with E-state index in [4.69, 9.17) is 21.5 Å². The van der Waals surface area contributed by atoms with Gasteiger partial charge in [0.25, 0.3) is 0 Å². The van der Waals surface area contributed by atoms with E-state index in [0.29, 0.717) is 23.2 Å². The van der Waals surface area contributed by atoms with Crippen LogP contribution < -0.4 is 0 Å². The second-order valence-electron chi connectivity index (χ2n) is 14.4. The monoisotopic (exact) mass is 725 g/mol. The van der Waals surface area contributed by atoms with E-state index >= 15 is 0 Å². The third-order valence-corrected chi connectivity index (χ3v) is 11.0. The Hall–Kier alpha value is -7.94. The second kappa shape index (κ2) is 13.1. The van der Waals surface area contributed by atoms with Crippen molar-refractivity contribution in [2.75, 3.05) is 0 Å². The molecule has 0 bridgehead atoms. The van der Waals surface area contributed by atoms with Crippen molar-refractivity contribution < 1.29 is 0 Å². The van der Waals surface area contributed by atoms with Crippen molar-refractivity contribution in [3.63, 3.8) is 0 Å². The van der Waals surface area contributed by atoms with Crippen LogP contribution in [0.3, 0.4) is 0 Å². The third-order valence-electron chi connectivity index (χ3n) is 11.0. The van der Waals surface area contributed by atoms with E-state index in [1.807, 2.05) is 18.2 Å². The van der Waals surface area contributed by atoms with Gasteiger partial charge >= 0.3 is 0 Å². The predicted molar refractivity (Wildman–Crippen MR) is 235 cm³/mol. The molecule has 0 N–H and O–H groups in total. The first-order chi connectivity index (χ1) is 28.2. The van der Waals surface area contributed by atoms with E-state index in [1.54, 1.807) is 0 Å². The van der Waals surface area contributed by atoms with Crippen LogP contribution in [0.2, 0.25) is 0 Å². The summed E-state index contributed by atoms with van der Waals surface area (Å²) >= 11 is 0. The number of para-hydroxylation sites is 1. The largest absolute Gasteiger partial charge is 0.309 e. The molecule has 0 spiro atoms. The summed E-state index contributed by atoms with van der Waals surface area (Å²) < 4.78 is 2.28. The first kappa shape index (κ1) is 32.5. The summed E-state index contributed by atoms with van der Waals surface area (Å²) in [6.45, 7) is 7.75. The zero-order valence-electron chi connectivity index (χ0n) is 30.6. The summed E-state index contributed by atoms with van der Waals surface area (Å²) in [5.41, 5.74) is 8.87. The number of benzene rings is 9. The molecule has 2 heterocycles.